The fourth-order valence-corrected chi connectivity index (χ4v) is 1.30. The minimum absolute atomic E-state index is 0.334. The van der Waals surface area contributed by atoms with E-state index < -0.39 is 0 Å². The van der Waals surface area contributed by atoms with Gasteiger partial charge in [0.15, 0.2) is 0 Å². The molecule has 0 spiro atoms. The zero-order valence-corrected chi connectivity index (χ0v) is 8.25. The van der Waals surface area contributed by atoms with E-state index in [4.69, 9.17) is 5.73 Å². The van der Waals surface area contributed by atoms with Crippen molar-refractivity contribution < 1.29 is 0 Å². The molecule has 0 aromatic carbocycles. The van der Waals surface area contributed by atoms with Crippen LogP contribution in [0.2, 0.25) is 0 Å². The van der Waals surface area contributed by atoms with Crippen LogP contribution in [0.1, 0.15) is 18.5 Å². The fraction of sp³-hybridized carbons (Fsp3) is 0.556. The number of nitrogens with one attached hydrogen (secondary N) is 2. The van der Waals surface area contributed by atoms with E-state index in [1.807, 2.05) is 13.1 Å². The highest BCUT2D eigenvalue weighted by Crippen LogP contribution is 2.24. The maximum Gasteiger partial charge on any atom is 0.222 e. The van der Waals surface area contributed by atoms with Crippen LogP contribution in [-0.2, 0) is 6.54 Å². The molecule has 1 aromatic heterocycles. The van der Waals surface area contributed by atoms with E-state index in [1.165, 1.54) is 12.8 Å². The minimum atomic E-state index is 0.334. The molecule has 2 rings (SSSR count). The van der Waals surface area contributed by atoms with Gasteiger partial charge in [0.1, 0.15) is 5.82 Å². The smallest absolute Gasteiger partial charge is 0.222 e. The Kier molecular flexibility index (Phi) is 2.49. The summed E-state index contributed by atoms with van der Waals surface area (Å²) in [5, 5.41) is 6.33. The van der Waals surface area contributed by atoms with Crippen LogP contribution in [0.4, 0.5) is 11.8 Å². The first kappa shape index (κ1) is 9.21. The summed E-state index contributed by atoms with van der Waals surface area (Å²) in [4.78, 5) is 8.24. The molecular formula is C9H15N5. The molecule has 14 heavy (non-hydrogen) atoms. The van der Waals surface area contributed by atoms with Crippen molar-refractivity contribution in [3.8, 4) is 0 Å². The number of anilines is 2. The second kappa shape index (κ2) is 3.79. The van der Waals surface area contributed by atoms with E-state index in [9.17, 15) is 0 Å². The van der Waals surface area contributed by atoms with Gasteiger partial charge >= 0.3 is 0 Å². The molecule has 1 heterocycles. The van der Waals surface area contributed by atoms with Crippen LogP contribution in [0.3, 0.4) is 0 Å². The topological polar surface area (TPSA) is 75.9 Å². The second-order valence-electron chi connectivity index (χ2n) is 3.55. The Morgan fingerprint density at radius 2 is 2.29 bits per heavy atom. The van der Waals surface area contributed by atoms with Gasteiger partial charge in [-0.2, -0.15) is 4.98 Å². The number of nitrogens with zero attached hydrogens (tertiary/aromatic N) is 2. The maximum atomic E-state index is 5.60. The van der Waals surface area contributed by atoms with Crippen molar-refractivity contribution in [3.05, 3.63) is 11.8 Å². The molecule has 0 unspecified atom stereocenters. The summed E-state index contributed by atoms with van der Waals surface area (Å²) in [6.45, 7) is 0.714. The van der Waals surface area contributed by atoms with Crippen LogP contribution >= 0.6 is 0 Å². The standard InChI is InChI=1S/C9H15N5/c1-11-5-7-4-8(12-6-2-3-6)14-9(10)13-7/h4,6,11H,2-3,5H2,1H3,(H3,10,12,13,14). The molecule has 1 aliphatic carbocycles. The van der Waals surface area contributed by atoms with Crippen molar-refractivity contribution in [3.63, 3.8) is 0 Å². The monoisotopic (exact) mass is 193 g/mol. The number of aromatic nitrogens is 2. The molecule has 5 nitrogen and oxygen atoms in total. The molecule has 1 fully saturated rings. The van der Waals surface area contributed by atoms with Gasteiger partial charge in [-0.05, 0) is 19.9 Å². The van der Waals surface area contributed by atoms with Crippen LogP contribution in [-0.4, -0.2) is 23.1 Å². The molecule has 1 aliphatic rings. The van der Waals surface area contributed by atoms with Gasteiger partial charge in [0, 0.05) is 18.7 Å². The van der Waals surface area contributed by atoms with Gasteiger partial charge in [-0.25, -0.2) is 4.98 Å². The van der Waals surface area contributed by atoms with Gasteiger partial charge in [-0.1, -0.05) is 0 Å². The van der Waals surface area contributed by atoms with Crippen LogP contribution in [0.15, 0.2) is 6.07 Å². The molecule has 1 aromatic rings. The highest BCUT2D eigenvalue weighted by atomic mass is 15.1. The Morgan fingerprint density at radius 3 is 2.93 bits per heavy atom. The third-order valence-electron chi connectivity index (χ3n) is 2.08. The molecule has 0 saturated heterocycles. The molecule has 0 aliphatic heterocycles. The summed E-state index contributed by atoms with van der Waals surface area (Å²) in [5.74, 6) is 1.17. The SMILES string of the molecule is CNCc1cc(NC2CC2)nc(N)n1. The number of hydrogen-bond donors (Lipinski definition) is 3. The second-order valence-corrected chi connectivity index (χ2v) is 3.55. The lowest BCUT2D eigenvalue weighted by atomic mass is 10.4. The lowest BCUT2D eigenvalue weighted by Gasteiger charge is -2.06. The Morgan fingerprint density at radius 1 is 1.50 bits per heavy atom. The predicted molar refractivity (Wildman–Crippen MR) is 55.9 cm³/mol. The zero-order chi connectivity index (χ0) is 9.97. The van der Waals surface area contributed by atoms with E-state index >= 15 is 0 Å². The molecule has 0 atom stereocenters. The van der Waals surface area contributed by atoms with E-state index in [0.29, 0.717) is 18.5 Å². The molecule has 0 amide bonds. The van der Waals surface area contributed by atoms with E-state index in [1.54, 1.807) is 0 Å². The Hall–Kier alpha value is -1.36. The van der Waals surface area contributed by atoms with Gasteiger partial charge in [0.25, 0.3) is 0 Å². The van der Waals surface area contributed by atoms with Crippen molar-refractivity contribution in [2.75, 3.05) is 18.1 Å². The molecular weight excluding hydrogens is 178 g/mol. The van der Waals surface area contributed by atoms with Crippen LogP contribution in [0.25, 0.3) is 0 Å². The lowest BCUT2D eigenvalue weighted by Crippen LogP contribution is -2.11. The summed E-state index contributed by atoms with van der Waals surface area (Å²) >= 11 is 0. The summed E-state index contributed by atoms with van der Waals surface area (Å²) in [5.41, 5.74) is 6.52. The minimum Gasteiger partial charge on any atom is -0.368 e. The quantitative estimate of drug-likeness (QED) is 0.643. The van der Waals surface area contributed by atoms with Gasteiger partial charge < -0.3 is 16.4 Å². The third kappa shape index (κ3) is 2.32. The number of rotatable bonds is 4. The fourth-order valence-electron chi connectivity index (χ4n) is 1.30. The Balaban J connectivity index is 2.12. The summed E-state index contributed by atoms with van der Waals surface area (Å²) in [7, 11) is 1.88. The molecule has 0 radical (unpaired) electrons. The number of nitrogens with two attached hydrogens (primary N) is 1. The van der Waals surface area contributed by atoms with Crippen molar-refractivity contribution in [1.82, 2.24) is 15.3 Å². The van der Waals surface area contributed by atoms with Gasteiger partial charge in [0.2, 0.25) is 5.95 Å². The first-order valence-electron chi connectivity index (χ1n) is 4.82. The van der Waals surface area contributed by atoms with Crippen LogP contribution in [0, 0.1) is 0 Å². The summed E-state index contributed by atoms with van der Waals surface area (Å²) in [6.07, 6.45) is 2.45. The highest BCUT2D eigenvalue weighted by Gasteiger charge is 2.21. The number of nitrogen functional groups attached to an aromatic ring is 1. The average Bonchev–Trinajstić information content (AvgIpc) is 2.87. The molecule has 5 heteroatoms. The van der Waals surface area contributed by atoms with Crippen molar-refractivity contribution in [2.24, 2.45) is 0 Å². The van der Waals surface area contributed by atoms with E-state index in [0.717, 1.165) is 11.5 Å². The predicted octanol–water partition coefficient (Wildman–Crippen LogP) is 0.352. The van der Waals surface area contributed by atoms with Crippen LogP contribution in [0.5, 0.6) is 0 Å². The van der Waals surface area contributed by atoms with E-state index in [-0.39, 0.29) is 0 Å². The third-order valence-corrected chi connectivity index (χ3v) is 2.08. The van der Waals surface area contributed by atoms with Crippen molar-refractivity contribution in [1.29, 1.82) is 0 Å². The lowest BCUT2D eigenvalue weighted by molar-refractivity contribution is 0.788. The zero-order valence-electron chi connectivity index (χ0n) is 8.25. The van der Waals surface area contributed by atoms with Gasteiger partial charge in [-0.15, -0.1) is 0 Å². The van der Waals surface area contributed by atoms with Gasteiger partial charge in [0.05, 0.1) is 5.69 Å². The van der Waals surface area contributed by atoms with Gasteiger partial charge in [-0.3, -0.25) is 0 Å². The normalized spacial score (nSPS) is 15.5. The number of hydrogen-bond acceptors (Lipinski definition) is 5. The Labute approximate surface area is 83.1 Å². The summed E-state index contributed by atoms with van der Waals surface area (Å²) < 4.78 is 0. The van der Waals surface area contributed by atoms with Crippen LogP contribution < -0.4 is 16.4 Å². The van der Waals surface area contributed by atoms with Crippen molar-refractivity contribution in [2.45, 2.75) is 25.4 Å². The highest BCUT2D eigenvalue weighted by molar-refractivity contribution is 5.42. The molecule has 0 bridgehead atoms. The largest absolute Gasteiger partial charge is 0.368 e. The van der Waals surface area contributed by atoms with Crippen molar-refractivity contribution >= 4 is 11.8 Å². The first-order valence-corrected chi connectivity index (χ1v) is 4.82. The molecule has 1 saturated carbocycles. The maximum absolute atomic E-state index is 5.60. The van der Waals surface area contributed by atoms with E-state index in [2.05, 4.69) is 20.6 Å². The molecule has 4 N–H and O–H groups in total. The summed E-state index contributed by atoms with van der Waals surface area (Å²) in [6, 6.07) is 2.53. The molecule has 76 valence electrons. The first-order chi connectivity index (χ1) is 6.78. The average molecular weight is 193 g/mol. The Bertz CT molecular complexity index is 321.